The van der Waals surface area contributed by atoms with Crippen molar-refractivity contribution < 1.29 is 9.32 Å². The van der Waals surface area contributed by atoms with Crippen LogP contribution in [0.5, 0.6) is 0 Å². The predicted octanol–water partition coefficient (Wildman–Crippen LogP) is 3.50. The predicted molar refractivity (Wildman–Crippen MR) is 109 cm³/mol. The van der Waals surface area contributed by atoms with Crippen molar-refractivity contribution in [2.24, 2.45) is 0 Å². The number of carbonyl (C=O) groups is 1. The Hall–Kier alpha value is -1.85. The van der Waals surface area contributed by atoms with Gasteiger partial charge in [-0.05, 0) is 24.0 Å². The van der Waals surface area contributed by atoms with Gasteiger partial charge in [-0.25, -0.2) is 0 Å². The van der Waals surface area contributed by atoms with Crippen LogP contribution in [0.2, 0.25) is 0 Å². The lowest BCUT2D eigenvalue weighted by molar-refractivity contribution is -0.133. The first-order valence-electron chi connectivity index (χ1n) is 9.73. The number of piperazine rings is 1. The molecule has 2 aromatic rings. The van der Waals surface area contributed by atoms with Gasteiger partial charge < -0.3 is 14.7 Å². The van der Waals surface area contributed by atoms with Crippen molar-refractivity contribution in [3.63, 3.8) is 0 Å². The van der Waals surface area contributed by atoms with Gasteiger partial charge in [-0.15, -0.1) is 12.4 Å². The van der Waals surface area contributed by atoms with Gasteiger partial charge in [0.25, 0.3) is 0 Å². The molecule has 27 heavy (non-hydrogen) atoms. The van der Waals surface area contributed by atoms with Crippen LogP contribution < -0.4 is 5.32 Å². The minimum absolute atomic E-state index is 0. The Morgan fingerprint density at radius 3 is 2.56 bits per heavy atom. The van der Waals surface area contributed by atoms with Crippen LogP contribution in [0, 0.1) is 0 Å². The second-order valence-electron chi connectivity index (χ2n) is 6.82. The number of rotatable bonds is 6. The van der Waals surface area contributed by atoms with Gasteiger partial charge in [-0.1, -0.05) is 50.2 Å². The van der Waals surface area contributed by atoms with Crippen molar-refractivity contribution in [2.75, 3.05) is 19.6 Å². The number of hydrogen-bond acceptors (Lipinski definition) is 4. The molecule has 1 saturated heterocycles. The maximum absolute atomic E-state index is 13.1. The number of halogens is 1. The lowest BCUT2D eigenvalue weighted by Gasteiger charge is -2.36. The van der Waals surface area contributed by atoms with Crippen molar-refractivity contribution >= 4 is 18.3 Å². The van der Waals surface area contributed by atoms with Gasteiger partial charge in [0, 0.05) is 31.6 Å². The smallest absolute Gasteiger partial charge is 0.227 e. The van der Waals surface area contributed by atoms with Crippen LogP contribution in [0.1, 0.15) is 55.0 Å². The Balaban J connectivity index is 0.00000261. The molecule has 0 aliphatic carbocycles. The molecule has 2 heterocycles. The molecule has 0 bridgehead atoms. The second-order valence-corrected chi connectivity index (χ2v) is 6.82. The summed E-state index contributed by atoms with van der Waals surface area (Å²) in [5.74, 6) is 0.998. The Morgan fingerprint density at radius 1 is 1.19 bits per heavy atom. The summed E-state index contributed by atoms with van der Waals surface area (Å²) in [6.45, 7) is 8.60. The highest BCUT2D eigenvalue weighted by atomic mass is 35.5. The molecule has 1 aliphatic rings. The molecular weight excluding hydrogens is 362 g/mol. The molecule has 6 heteroatoms. The van der Waals surface area contributed by atoms with Crippen molar-refractivity contribution in [1.29, 1.82) is 0 Å². The third-order valence-electron chi connectivity index (χ3n) is 5.27. The normalized spacial score (nSPS) is 16.9. The molecule has 1 aliphatic heterocycles. The van der Waals surface area contributed by atoms with Crippen molar-refractivity contribution in [2.45, 2.75) is 52.5 Å². The van der Waals surface area contributed by atoms with Crippen LogP contribution in [-0.4, -0.2) is 35.6 Å². The standard InChI is InChI=1S/C21H29N3O2.ClH/c1-4-15-7-9-16(10-8-15)19-14-22-11-12-24(19)21(25)13-17-18(5-2)23-26-20(17)6-3;/h7-10,19,22H,4-6,11-14H2,1-3H3;1H. The van der Waals surface area contributed by atoms with E-state index in [0.29, 0.717) is 6.42 Å². The van der Waals surface area contributed by atoms with Gasteiger partial charge in [0.05, 0.1) is 18.2 Å². The van der Waals surface area contributed by atoms with Crippen LogP contribution in [0.25, 0.3) is 0 Å². The van der Waals surface area contributed by atoms with Crippen LogP contribution >= 0.6 is 12.4 Å². The molecule has 0 radical (unpaired) electrons. The fourth-order valence-electron chi connectivity index (χ4n) is 3.67. The van der Waals surface area contributed by atoms with Crippen molar-refractivity contribution in [1.82, 2.24) is 15.4 Å². The van der Waals surface area contributed by atoms with Crippen LogP contribution in [0.4, 0.5) is 0 Å². The summed E-state index contributed by atoms with van der Waals surface area (Å²) in [5.41, 5.74) is 4.41. The second kappa shape index (κ2) is 9.90. The number of hydrogen-bond donors (Lipinski definition) is 1. The zero-order chi connectivity index (χ0) is 18.5. The molecule has 1 unspecified atom stereocenters. The average Bonchev–Trinajstić information content (AvgIpc) is 3.09. The fraction of sp³-hybridized carbons (Fsp3) is 0.524. The topological polar surface area (TPSA) is 58.4 Å². The third kappa shape index (κ3) is 4.71. The molecule has 1 fully saturated rings. The molecule has 1 amide bonds. The van der Waals surface area contributed by atoms with Crippen LogP contribution in [0.15, 0.2) is 28.8 Å². The molecule has 0 saturated carbocycles. The number of benzene rings is 1. The highest BCUT2D eigenvalue weighted by molar-refractivity contribution is 5.85. The van der Waals surface area contributed by atoms with Gasteiger partial charge in [0.1, 0.15) is 5.76 Å². The Bertz CT molecular complexity index is 721. The summed E-state index contributed by atoms with van der Waals surface area (Å²) >= 11 is 0. The van der Waals surface area contributed by atoms with E-state index in [9.17, 15) is 4.79 Å². The summed E-state index contributed by atoms with van der Waals surface area (Å²) in [6.07, 6.45) is 2.95. The van der Waals surface area contributed by atoms with E-state index >= 15 is 0 Å². The monoisotopic (exact) mass is 391 g/mol. The van der Waals surface area contributed by atoms with E-state index in [-0.39, 0.29) is 24.4 Å². The van der Waals surface area contributed by atoms with Gasteiger partial charge in [-0.3, -0.25) is 4.79 Å². The maximum atomic E-state index is 13.1. The van der Waals surface area contributed by atoms with Gasteiger partial charge in [-0.2, -0.15) is 0 Å². The molecule has 148 valence electrons. The summed E-state index contributed by atoms with van der Waals surface area (Å²) < 4.78 is 5.43. The van der Waals surface area contributed by atoms with Gasteiger partial charge in [0.2, 0.25) is 5.91 Å². The van der Waals surface area contributed by atoms with Gasteiger partial charge >= 0.3 is 0 Å². The largest absolute Gasteiger partial charge is 0.361 e. The Labute approximate surface area is 167 Å². The number of aryl methyl sites for hydroxylation is 3. The fourth-order valence-corrected chi connectivity index (χ4v) is 3.67. The summed E-state index contributed by atoms with van der Waals surface area (Å²) in [7, 11) is 0. The number of nitrogens with one attached hydrogen (secondary N) is 1. The highest BCUT2D eigenvalue weighted by Gasteiger charge is 2.29. The van der Waals surface area contributed by atoms with E-state index in [4.69, 9.17) is 4.52 Å². The van der Waals surface area contributed by atoms with E-state index in [1.807, 2.05) is 18.7 Å². The first-order valence-corrected chi connectivity index (χ1v) is 9.73. The van der Waals surface area contributed by atoms with Crippen molar-refractivity contribution in [3.05, 3.63) is 52.4 Å². The van der Waals surface area contributed by atoms with Gasteiger partial charge in [0.15, 0.2) is 0 Å². The number of amides is 1. The van der Waals surface area contributed by atoms with Crippen LogP contribution in [-0.2, 0) is 30.5 Å². The van der Waals surface area contributed by atoms with E-state index in [2.05, 4.69) is 41.7 Å². The zero-order valence-corrected chi connectivity index (χ0v) is 17.3. The molecule has 1 atom stereocenters. The Morgan fingerprint density at radius 2 is 1.93 bits per heavy atom. The molecule has 3 rings (SSSR count). The van der Waals surface area contributed by atoms with E-state index in [1.165, 1.54) is 11.1 Å². The third-order valence-corrected chi connectivity index (χ3v) is 5.27. The quantitative estimate of drug-likeness (QED) is 0.818. The number of aromatic nitrogens is 1. The number of nitrogens with zero attached hydrogens (tertiary/aromatic N) is 2. The summed E-state index contributed by atoms with van der Waals surface area (Å²) in [4.78, 5) is 15.2. The highest BCUT2D eigenvalue weighted by Crippen LogP contribution is 2.25. The van der Waals surface area contributed by atoms with E-state index < -0.39 is 0 Å². The first kappa shape index (κ1) is 21.5. The molecule has 1 N–H and O–H groups in total. The molecule has 5 nitrogen and oxygen atoms in total. The SMILES string of the molecule is CCc1ccc(C2CNCCN2C(=O)Cc2c(CC)noc2CC)cc1.Cl. The van der Waals surface area contributed by atoms with Crippen LogP contribution in [0.3, 0.4) is 0 Å². The number of carbonyl (C=O) groups excluding carboxylic acids is 1. The zero-order valence-electron chi connectivity index (χ0n) is 16.5. The maximum Gasteiger partial charge on any atom is 0.227 e. The molecule has 1 aromatic carbocycles. The minimum Gasteiger partial charge on any atom is -0.361 e. The molecular formula is C21H30ClN3O2. The Kier molecular flexibility index (Phi) is 7.87. The lowest BCUT2D eigenvalue weighted by Crippen LogP contribution is -2.49. The van der Waals surface area contributed by atoms with Crippen molar-refractivity contribution in [3.8, 4) is 0 Å². The van der Waals surface area contributed by atoms with E-state index in [0.717, 1.165) is 55.9 Å². The minimum atomic E-state index is 0. The molecule has 0 spiro atoms. The lowest BCUT2D eigenvalue weighted by atomic mass is 9.99. The molecule has 1 aromatic heterocycles. The van der Waals surface area contributed by atoms with E-state index in [1.54, 1.807) is 0 Å². The summed E-state index contributed by atoms with van der Waals surface area (Å²) in [5, 5.41) is 7.57. The summed E-state index contributed by atoms with van der Waals surface area (Å²) in [6, 6.07) is 8.72. The first-order chi connectivity index (χ1) is 12.7. The average molecular weight is 392 g/mol.